The predicted octanol–water partition coefficient (Wildman–Crippen LogP) is 5.02. The lowest BCUT2D eigenvalue weighted by molar-refractivity contribution is 0.333. The molecule has 1 fully saturated rings. The van der Waals surface area contributed by atoms with Gasteiger partial charge in [-0.15, -0.1) is 0 Å². The summed E-state index contributed by atoms with van der Waals surface area (Å²) in [6, 6.07) is 15.1. The smallest absolute Gasteiger partial charge is 0.119 e. The monoisotopic (exact) mass is 391 g/mol. The van der Waals surface area contributed by atoms with Crippen LogP contribution in [0.3, 0.4) is 0 Å². The first kappa shape index (κ1) is 20.0. The molecule has 4 nitrogen and oxygen atoms in total. The lowest BCUT2D eigenvalue weighted by atomic mass is 9.85. The highest BCUT2D eigenvalue weighted by molar-refractivity contribution is 6.14. The highest BCUT2D eigenvalue weighted by atomic mass is 16.5. The summed E-state index contributed by atoms with van der Waals surface area (Å²) in [7, 11) is 1.73. The number of anilines is 1. The molecule has 0 spiro atoms. The number of benzene rings is 2. The summed E-state index contributed by atoms with van der Waals surface area (Å²) in [4.78, 5) is 5.09. The zero-order chi connectivity index (χ0) is 20.1. The van der Waals surface area contributed by atoms with Crippen LogP contribution in [0.15, 0.2) is 47.5 Å². The summed E-state index contributed by atoms with van der Waals surface area (Å²) in [6.45, 7) is 4.31. The maximum atomic E-state index is 5.46. The molecular weight excluding hydrogens is 358 g/mol. The van der Waals surface area contributed by atoms with Gasteiger partial charge < -0.3 is 10.1 Å². The van der Waals surface area contributed by atoms with Gasteiger partial charge in [-0.25, -0.2) is 0 Å². The van der Waals surface area contributed by atoms with E-state index < -0.39 is 0 Å². The zero-order valence-corrected chi connectivity index (χ0v) is 17.7. The summed E-state index contributed by atoms with van der Waals surface area (Å²) in [5.74, 6) is 1.77. The molecule has 4 heteroatoms. The molecular formula is C25H33N3O. The van der Waals surface area contributed by atoms with Gasteiger partial charge in [-0.1, -0.05) is 31.9 Å². The van der Waals surface area contributed by atoms with Crippen LogP contribution in [0.5, 0.6) is 5.75 Å². The van der Waals surface area contributed by atoms with Crippen LogP contribution in [0.4, 0.5) is 5.69 Å². The third-order valence-electron chi connectivity index (χ3n) is 6.15. The van der Waals surface area contributed by atoms with Crippen molar-refractivity contribution in [2.45, 2.75) is 51.6 Å². The molecule has 1 saturated carbocycles. The molecule has 0 unspecified atom stereocenters. The fraction of sp³-hybridized carbons (Fsp3) is 0.480. The summed E-state index contributed by atoms with van der Waals surface area (Å²) >= 11 is 0. The summed E-state index contributed by atoms with van der Waals surface area (Å²) in [5, 5.41) is 7.20. The largest absolute Gasteiger partial charge is 0.497 e. The van der Waals surface area contributed by atoms with Crippen LogP contribution in [0, 0.1) is 5.92 Å². The van der Waals surface area contributed by atoms with Crippen molar-refractivity contribution < 1.29 is 4.74 Å². The Morgan fingerprint density at radius 2 is 1.93 bits per heavy atom. The van der Waals surface area contributed by atoms with Crippen LogP contribution in [0.25, 0.3) is 0 Å². The second kappa shape index (κ2) is 9.45. The van der Waals surface area contributed by atoms with Crippen LogP contribution in [0.2, 0.25) is 0 Å². The summed E-state index contributed by atoms with van der Waals surface area (Å²) in [5.41, 5.74) is 5.97. The van der Waals surface area contributed by atoms with Crippen molar-refractivity contribution in [1.82, 2.24) is 5.32 Å². The van der Waals surface area contributed by atoms with E-state index in [2.05, 4.69) is 54.0 Å². The zero-order valence-electron chi connectivity index (χ0n) is 17.7. The molecule has 1 heterocycles. The molecule has 4 rings (SSSR count). The second-order valence-electron chi connectivity index (χ2n) is 8.28. The molecule has 1 aliphatic carbocycles. The molecule has 0 radical (unpaired) electrons. The highest BCUT2D eigenvalue weighted by Gasteiger charge is 2.22. The van der Waals surface area contributed by atoms with Crippen LogP contribution in [-0.4, -0.2) is 32.1 Å². The maximum Gasteiger partial charge on any atom is 0.119 e. The van der Waals surface area contributed by atoms with Crippen molar-refractivity contribution >= 4 is 11.4 Å². The molecule has 29 heavy (non-hydrogen) atoms. The average Bonchev–Trinajstić information content (AvgIpc) is 2.72. The van der Waals surface area contributed by atoms with Gasteiger partial charge in [0.2, 0.25) is 0 Å². The second-order valence-corrected chi connectivity index (χ2v) is 8.28. The third-order valence-corrected chi connectivity index (χ3v) is 6.15. The maximum absolute atomic E-state index is 5.46. The van der Waals surface area contributed by atoms with Gasteiger partial charge in [0.15, 0.2) is 0 Å². The van der Waals surface area contributed by atoms with Crippen molar-refractivity contribution in [3.05, 3.63) is 59.2 Å². The molecule has 154 valence electrons. The number of hydrogen-bond acceptors (Lipinski definition) is 4. The van der Waals surface area contributed by atoms with E-state index >= 15 is 0 Å². The van der Waals surface area contributed by atoms with Gasteiger partial charge in [-0.3, -0.25) is 10.3 Å². The highest BCUT2D eigenvalue weighted by Crippen LogP contribution is 2.28. The quantitative estimate of drug-likeness (QED) is 0.590. The number of nitrogens with zero attached hydrogens (tertiary/aromatic N) is 1. The molecule has 2 N–H and O–H groups in total. The number of methoxy groups -OCH3 is 1. The minimum absolute atomic E-state index is 0.118. The van der Waals surface area contributed by atoms with E-state index in [0.717, 1.165) is 36.9 Å². The molecule has 0 aromatic heterocycles. The molecule has 1 aliphatic heterocycles. The van der Waals surface area contributed by atoms with Gasteiger partial charge >= 0.3 is 0 Å². The Hall–Kier alpha value is -2.33. The Balaban J connectivity index is 1.55. The first-order chi connectivity index (χ1) is 14.3. The number of rotatable bonds is 9. The van der Waals surface area contributed by atoms with E-state index in [-0.39, 0.29) is 6.17 Å². The van der Waals surface area contributed by atoms with Crippen molar-refractivity contribution in [3.63, 3.8) is 0 Å². The lowest BCUT2D eigenvalue weighted by Gasteiger charge is -2.26. The number of fused-ring (bicyclic) bond motifs is 1. The van der Waals surface area contributed by atoms with E-state index in [1.807, 2.05) is 6.07 Å². The number of nitrogens with one attached hydrogen (secondary N) is 2. The normalized spacial score (nSPS) is 18.6. The van der Waals surface area contributed by atoms with Crippen LogP contribution >= 0.6 is 0 Å². The van der Waals surface area contributed by atoms with E-state index in [0.29, 0.717) is 0 Å². The van der Waals surface area contributed by atoms with Crippen molar-refractivity contribution in [1.29, 1.82) is 0 Å². The Morgan fingerprint density at radius 3 is 2.62 bits per heavy atom. The molecule has 2 aliphatic rings. The molecule has 0 amide bonds. The van der Waals surface area contributed by atoms with Crippen LogP contribution in [0.1, 0.15) is 55.7 Å². The van der Waals surface area contributed by atoms with Crippen molar-refractivity contribution in [2.24, 2.45) is 10.9 Å². The SMILES string of the molecule is CCCCN[C@H]1Cc2cc(OC)ccc2C(c2ccc(NCC3CCC3)cc2)=N1. The molecule has 2 aromatic rings. The van der Waals surface area contributed by atoms with E-state index in [9.17, 15) is 0 Å². The number of aliphatic imine (C=N–C) groups is 1. The van der Waals surface area contributed by atoms with Crippen molar-refractivity contribution in [2.75, 3.05) is 25.5 Å². The topological polar surface area (TPSA) is 45.6 Å². The summed E-state index contributed by atoms with van der Waals surface area (Å²) < 4.78 is 5.46. The Bertz CT molecular complexity index is 840. The first-order valence-corrected chi connectivity index (χ1v) is 11.1. The molecule has 2 aromatic carbocycles. The first-order valence-electron chi connectivity index (χ1n) is 11.1. The average molecular weight is 392 g/mol. The molecule has 0 bridgehead atoms. The lowest BCUT2D eigenvalue weighted by Crippen LogP contribution is -2.35. The van der Waals surface area contributed by atoms with E-state index in [1.165, 1.54) is 54.5 Å². The van der Waals surface area contributed by atoms with Gasteiger partial charge in [0.1, 0.15) is 11.9 Å². The standard InChI is InChI=1S/C25H33N3O/c1-3-4-14-26-24-16-20-15-22(29-2)12-13-23(20)25(28-24)19-8-10-21(11-9-19)27-17-18-6-5-7-18/h8-13,15,18,24,26-27H,3-7,14,16-17H2,1-2H3/t24-/m1/s1. The third kappa shape index (κ3) is 4.81. The molecule has 1 atom stereocenters. The fourth-order valence-corrected chi connectivity index (χ4v) is 4.07. The van der Waals surface area contributed by atoms with Crippen molar-refractivity contribution in [3.8, 4) is 5.75 Å². The minimum atomic E-state index is 0.118. The van der Waals surface area contributed by atoms with Crippen LogP contribution < -0.4 is 15.4 Å². The fourth-order valence-electron chi connectivity index (χ4n) is 4.07. The Morgan fingerprint density at radius 1 is 1.10 bits per heavy atom. The van der Waals surface area contributed by atoms with Gasteiger partial charge in [-0.05, 0) is 67.6 Å². The van der Waals surface area contributed by atoms with Gasteiger partial charge in [0.25, 0.3) is 0 Å². The van der Waals surface area contributed by atoms with Gasteiger partial charge in [-0.2, -0.15) is 0 Å². The Labute approximate surface area is 174 Å². The predicted molar refractivity (Wildman–Crippen MR) is 121 cm³/mol. The number of unbranched alkanes of at least 4 members (excludes halogenated alkanes) is 1. The summed E-state index contributed by atoms with van der Waals surface area (Å²) in [6.07, 6.45) is 7.52. The Kier molecular flexibility index (Phi) is 6.50. The van der Waals surface area contributed by atoms with E-state index in [1.54, 1.807) is 7.11 Å². The number of ether oxygens (including phenoxy) is 1. The van der Waals surface area contributed by atoms with E-state index in [4.69, 9.17) is 9.73 Å². The van der Waals surface area contributed by atoms with Crippen LogP contribution in [-0.2, 0) is 6.42 Å². The molecule has 0 saturated heterocycles. The van der Waals surface area contributed by atoms with Gasteiger partial charge in [0.05, 0.1) is 12.8 Å². The van der Waals surface area contributed by atoms with Gasteiger partial charge in [0, 0.05) is 29.8 Å². The minimum Gasteiger partial charge on any atom is -0.497 e. The number of hydrogen-bond donors (Lipinski definition) is 2.